The Balaban J connectivity index is 2.64. The molecule has 0 radical (unpaired) electrons. The molecule has 0 aromatic rings. The summed E-state index contributed by atoms with van der Waals surface area (Å²) >= 11 is 0. The molecule has 106 valence electrons. The molecule has 0 bridgehead atoms. The molecule has 1 aliphatic rings. The lowest BCUT2D eigenvalue weighted by atomic mass is 10.2. The van der Waals surface area contributed by atoms with Crippen molar-refractivity contribution in [2.75, 3.05) is 31.9 Å². The van der Waals surface area contributed by atoms with Crippen LogP contribution >= 0.6 is 0 Å². The first kappa shape index (κ1) is 15.4. The first-order valence-corrected chi connectivity index (χ1v) is 7.70. The van der Waals surface area contributed by atoms with Gasteiger partial charge in [-0.1, -0.05) is 0 Å². The van der Waals surface area contributed by atoms with Crippen molar-refractivity contribution in [3.05, 3.63) is 0 Å². The normalized spacial score (nSPS) is 22.9. The van der Waals surface area contributed by atoms with Gasteiger partial charge >= 0.3 is 5.97 Å². The lowest BCUT2D eigenvalue weighted by molar-refractivity contribution is -0.143. The molecule has 0 amide bonds. The fourth-order valence-corrected chi connectivity index (χ4v) is 2.89. The Kier molecular flexibility index (Phi) is 4.74. The van der Waals surface area contributed by atoms with Crippen molar-refractivity contribution in [3.63, 3.8) is 0 Å². The predicted molar refractivity (Wildman–Crippen MR) is 69.4 cm³/mol. The Bertz CT molecular complexity index is 400. The van der Waals surface area contributed by atoms with Gasteiger partial charge in [0.2, 0.25) is 0 Å². The van der Waals surface area contributed by atoms with Crippen LogP contribution in [-0.4, -0.2) is 67.1 Å². The van der Waals surface area contributed by atoms with Crippen LogP contribution in [0.3, 0.4) is 0 Å². The zero-order chi connectivity index (χ0) is 14.0. The molecule has 1 unspecified atom stereocenters. The summed E-state index contributed by atoms with van der Waals surface area (Å²) in [6.07, 6.45) is 0. The van der Waals surface area contributed by atoms with Gasteiger partial charge in [0.25, 0.3) is 0 Å². The van der Waals surface area contributed by atoms with Crippen LogP contribution in [0.15, 0.2) is 0 Å². The molecule has 0 aromatic carbocycles. The van der Waals surface area contributed by atoms with Crippen LogP contribution in [0.25, 0.3) is 0 Å². The van der Waals surface area contributed by atoms with E-state index in [9.17, 15) is 13.2 Å². The van der Waals surface area contributed by atoms with Crippen molar-refractivity contribution < 1.29 is 18.3 Å². The maximum absolute atomic E-state index is 12.0. The summed E-state index contributed by atoms with van der Waals surface area (Å²) in [5.74, 6) is -0.907. The van der Waals surface area contributed by atoms with Crippen molar-refractivity contribution in [1.29, 1.82) is 0 Å². The number of hydrogen-bond acceptors (Lipinski definition) is 5. The Morgan fingerprint density at radius 3 is 2.56 bits per heavy atom. The molecule has 1 atom stereocenters. The van der Waals surface area contributed by atoms with Crippen molar-refractivity contribution in [1.82, 2.24) is 10.2 Å². The Hall–Kier alpha value is -0.660. The van der Waals surface area contributed by atoms with Crippen molar-refractivity contribution in [3.8, 4) is 0 Å². The van der Waals surface area contributed by atoms with Crippen LogP contribution in [0.4, 0.5) is 0 Å². The number of carbonyl (C=O) groups is 1. The van der Waals surface area contributed by atoms with Crippen LogP contribution in [0.2, 0.25) is 0 Å². The van der Waals surface area contributed by atoms with Gasteiger partial charge in [-0.25, -0.2) is 8.42 Å². The molecular formula is C11H22N2O4S. The zero-order valence-electron chi connectivity index (χ0n) is 11.1. The minimum atomic E-state index is -3.20. The highest BCUT2D eigenvalue weighted by Crippen LogP contribution is 2.16. The maximum atomic E-state index is 12.0. The number of nitrogens with zero attached hydrogens (tertiary/aromatic N) is 1. The van der Waals surface area contributed by atoms with Gasteiger partial charge < -0.3 is 10.4 Å². The third-order valence-electron chi connectivity index (χ3n) is 3.22. The quantitative estimate of drug-likeness (QED) is 0.725. The van der Waals surface area contributed by atoms with Gasteiger partial charge in [0, 0.05) is 26.2 Å². The summed E-state index contributed by atoms with van der Waals surface area (Å²) in [5.41, 5.74) is 0. The molecule has 0 aromatic heterocycles. The highest BCUT2D eigenvalue weighted by atomic mass is 32.2. The van der Waals surface area contributed by atoms with Crippen molar-refractivity contribution in [2.24, 2.45) is 0 Å². The van der Waals surface area contributed by atoms with Crippen LogP contribution in [-0.2, 0) is 14.6 Å². The van der Waals surface area contributed by atoms with E-state index in [0.29, 0.717) is 19.6 Å². The predicted octanol–water partition coefficient (Wildman–Crippen LogP) is -0.442. The zero-order valence-corrected chi connectivity index (χ0v) is 12.0. The SMILES string of the molecule is CC(C)(C)S(=O)(=O)CCN1CCNCC1C(=O)O. The van der Waals surface area contributed by atoms with E-state index in [4.69, 9.17) is 5.11 Å². The summed E-state index contributed by atoms with van der Waals surface area (Å²) in [4.78, 5) is 12.8. The third kappa shape index (κ3) is 3.66. The fourth-order valence-electron chi connectivity index (χ4n) is 1.80. The van der Waals surface area contributed by atoms with Crippen molar-refractivity contribution in [2.45, 2.75) is 31.6 Å². The second-order valence-corrected chi connectivity index (χ2v) is 8.39. The topological polar surface area (TPSA) is 86.7 Å². The first-order valence-electron chi connectivity index (χ1n) is 6.05. The van der Waals surface area contributed by atoms with E-state index in [0.717, 1.165) is 0 Å². The molecule has 18 heavy (non-hydrogen) atoms. The summed E-state index contributed by atoms with van der Waals surface area (Å²) in [6.45, 7) is 6.89. The van der Waals surface area contributed by atoms with Crippen molar-refractivity contribution >= 4 is 15.8 Å². The number of sulfone groups is 1. The number of rotatable bonds is 4. The Morgan fingerprint density at radius 1 is 1.44 bits per heavy atom. The Labute approximate surface area is 108 Å². The van der Waals surface area contributed by atoms with Crippen LogP contribution in [0.5, 0.6) is 0 Å². The number of carboxylic acids is 1. The molecule has 1 saturated heterocycles. The molecule has 6 nitrogen and oxygen atoms in total. The van der Waals surface area contributed by atoms with Crippen LogP contribution < -0.4 is 5.32 Å². The summed E-state index contributed by atoms with van der Waals surface area (Å²) < 4.78 is 23.2. The molecule has 1 heterocycles. The number of hydrogen-bond donors (Lipinski definition) is 2. The van der Waals surface area contributed by atoms with Gasteiger partial charge in [-0.05, 0) is 20.8 Å². The standard InChI is InChI=1S/C11H22N2O4S/c1-11(2,3)18(16,17)7-6-13-5-4-12-8-9(13)10(14)15/h9,12H,4-8H2,1-3H3,(H,14,15). The average molecular weight is 278 g/mol. The molecule has 0 aliphatic carbocycles. The van der Waals surface area contributed by atoms with Gasteiger partial charge in [-0.2, -0.15) is 0 Å². The third-order valence-corrected chi connectivity index (χ3v) is 5.81. The monoisotopic (exact) mass is 278 g/mol. The van der Waals surface area contributed by atoms with Gasteiger partial charge in [-0.15, -0.1) is 0 Å². The van der Waals surface area contributed by atoms with Gasteiger partial charge in [0.1, 0.15) is 6.04 Å². The van der Waals surface area contributed by atoms with Gasteiger partial charge in [-0.3, -0.25) is 9.69 Å². The minimum Gasteiger partial charge on any atom is -0.480 e. The summed E-state index contributed by atoms with van der Waals surface area (Å²) in [5, 5.41) is 12.1. The van der Waals surface area contributed by atoms with Gasteiger partial charge in [0.15, 0.2) is 9.84 Å². The average Bonchev–Trinajstić information content (AvgIpc) is 2.25. The Morgan fingerprint density at radius 2 is 2.06 bits per heavy atom. The van der Waals surface area contributed by atoms with E-state index in [2.05, 4.69) is 5.32 Å². The second kappa shape index (κ2) is 5.54. The number of nitrogens with one attached hydrogen (secondary N) is 1. The largest absolute Gasteiger partial charge is 0.480 e. The second-order valence-electron chi connectivity index (χ2n) is 5.53. The molecule has 2 N–H and O–H groups in total. The van der Waals surface area contributed by atoms with E-state index >= 15 is 0 Å². The number of carboxylic acid groups (broad SMARTS) is 1. The highest BCUT2D eigenvalue weighted by Gasteiger charge is 2.32. The lowest BCUT2D eigenvalue weighted by Gasteiger charge is -2.33. The smallest absolute Gasteiger partial charge is 0.322 e. The van der Waals surface area contributed by atoms with Gasteiger partial charge in [0.05, 0.1) is 10.5 Å². The molecule has 7 heteroatoms. The number of piperazine rings is 1. The lowest BCUT2D eigenvalue weighted by Crippen LogP contribution is -2.56. The number of aliphatic carboxylic acids is 1. The fraction of sp³-hybridized carbons (Fsp3) is 0.909. The molecule has 0 spiro atoms. The van der Waals surface area contributed by atoms with Crippen LogP contribution in [0, 0.1) is 0 Å². The van der Waals surface area contributed by atoms with Crippen LogP contribution in [0.1, 0.15) is 20.8 Å². The summed E-state index contributed by atoms with van der Waals surface area (Å²) in [7, 11) is -3.20. The minimum absolute atomic E-state index is 0.000278. The molecule has 1 fully saturated rings. The maximum Gasteiger partial charge on any atom is 0.322 e. The van der Waals surface area contributed by atoms with E-state index < -0.39 is 26.6 Å². The van der Waals surface area contributed by atoms with E-state index in [-0.39, 0.29) is 12.3 Å². The highest BCUT2D eigenvalue weighted by molar-refractivity contribution is 7.92. The van der Waals surface area contributed by atoms with E-state index in [1.807, 2.05) is 0 Å². The molecular weight excluding hydrogens is 256 g/mol. The first-order chi connectivity index (χ1) is 8.15. The van der Waals surface area contributed by atoms with E-state index in [1.54, 1.807) is 25.7 Å². The summed E-state index contributed by atoms with van der Waals surface area (Å²) in [6, 6.07) is -0.631. The molecule has 1 aliphatic heterocycles. The molecule has 1 rings (SSSR count). The molecule has 0 saturated carbocycles. The van der Waals surface area contributed by atoms with E-state index in [1.165, 1.54) is 0 Å².